The molecule has 1 aromatic rings. The number of nitrogens with zero attached hydrogens (tertiary/aromatic N) is 2. The van der Waals surface area contributed by atoms with Gasteiger partial charge in [-0.25, -0.2) is 4.68 Å². The maximum Gasteiger partial charge on any atom is 0.491 e. The summed E-state index contributed by atoms with van der Waals surface area (Å²) in [4.78, 5) is 10.4. The molecule has 0 saturated carbocycles. The van der Waals surface area contributed by atoms with Gasteiger partial charge in [-0.3, -0.25) is 4.79 Å². The van der Waals surface area contributed by atoms with Gasteiger partial charge in [0.05, 0.1) is 0 Å². The fourth-order valence-electron chi connectivity index (χ4n) is 0.591. The minimum atomic E-state index is -1.62. The van der Waals surface area contributed by atoms with Crippen LogP contribution in [-0.2, 0) is 0 Å². The first-order valence-corrected chi connectivity index (χ1v) is 2.82. The van der Waals surface area contributed by atoms with Crippen LogP contribution in [0.15, 0.2) is 12.4 Å². The average molecular weight is 150 g/mol. The zero-order valence-corrected chi connectivity index (χ0v) is 5.51. The van der Waals surface area contributed by atoms with Gasteiger partial charge in [-0.15, -0.1) is 0 Å². The zero-order chi connectivity index (χ0) is 8.43. The van der Waals surface area contributed by atoms with Crippen LogP contribution >= 0.6 is 0 Å². The Morgan fingerprint density at radius 2 is 2.36 bits per heavy atom. The highest BCUT2D eigenvalue weighted by atomic mass is 16.4. The summed E-state index contributed by atoms with van der Waals surface area (Å²) in [5, 5.41) is 20.6. The summed E-state index contributed by atoms with van der Waals surface area (Å²) in [7, 11) is 3.20. The number of aromatic nitrogens is 2. The molecule has 11 heavy (non-hydrogen) atoms. The number of hydrogen-bond acceptors (Lipinski definition) is 4. The monoisotopic (exact) mass is 150 g/mol. The highest BCUT2D eigenvalue weighted by Gasteiger charge is 2.13. The van der Waals surface area contributed by atoms with E-state index >= 15 is 0 Å². The van der Waals surface area contributed by atoms with Gasteiger partial charge in [-0.05, 0) is 0 Å². The predicted molar refractivity (Wildman–Crippen MR) is 38.6 cm³/mol. The second kappa shape index (κ2) is 2.89. The summed E-state index contributed by atoms with van der Waals surface area (Å²) < 4.78 is 0.814. The fraction of sp³-hybridized carbons (Fsp3) is 0. The molecule has 0 aliphatic carbocycles. The van der Waals surface area contributed by atoms with E-state index in [1.165, 1.54) is 0 Å². The van der Waals surface area contributed by atoms with Gasteiger partial charge in [0.1, 0.15) is 0 Å². The number of rotatable bonds is 1. The van der Waals surface area contributed by atoms with E-state index in [2.05, 4.69) is 5.10 Å². The van der Waals surface area contributed by atoms with Crippen LogP contribution in [0.3, 0.4) is 0 Å². The van der Waals surface area contributed by atoms with Crippen LogP contribution in [0.25, 0.3) is 0 Å². The first-order valence-electron chi connectivity index (χ1n) is 2.82. The molecule has 0 aliphatic rings. The van der Waals surface area contributed by atoms with Gasteiger partial charge >= 0.3 is 7.12 Å². The summed E-state index contributed by atoms with van der Waals surface area (Å²) in [6, 6.07) is 0. The van der Waals surface area contributed by atoms with Crippen LogP contribution in [0.4, 0.5) is 4.79 Å². The van der Waals surface area contributed by atoms with Crippen molar-refractivity contribution in [3.63, 3.8) is 0 Å². The molecular formula is C4H4B2N2O3. The van der Waals surface area contributed by atoms with Crippen LogP contribution in [0.5, 0.6) is 0 Å². The summed E-state index contributed by atoms with van der Waals surface area (Å²) in [6.45, 7) is 0. The van der Waals surface area contributed by atoms with Crippen molar-refractivity contribution in [3.8, 4) is 0 Å². The van der Waals surface area contributed by atoms with Gasteiger partial charge in [-0.1, -0.05) is 0 Å². The van der Waals surface area contributed by atoms with Crippen molar-refractivity contribution in [2.45, 2.75) is 0 Å². The predicted octanol–water partition coefficient (Wildman–Crippen LogP) is -2.30. The lowest BCUT2D eigenvalue weighted by molar-refractivity contribution is 0.258. The summed E-state index contributed by atoms with van der Waals surface area (Å²) in [6.07, 6.45) is 2.29. The van der Waals surface area contributed by atoms with E-state index in [-0.39, 0.29) is 5.46 Å². The van der Waals surface area contributed by atoms with Crippen molar-refractivity contribution in [2.24, 2.45) is 0 Å². The van der Waals surface area contributed by atoms with Crippen molar-refractivity contribution in [3.05, 3.63) is 12.4 Å². The minimum absolute atomic E-state index is 0.129. The van der Waals surface area contributed by atoms with Crippen LogP contribution < -0.4 is 5.46 Å². The van der Waals surface area contributed by atoms with Crippen LogP contribution in [0, 0.1) is 0 Å². The zero-order valence-electron chi connectivity index (χ0n) is 5.51. The van der Waals surface area contributed by atoms with E-state index in [0.29, 0.717) is 0 Å². The molecule has 0 unspecified atom stereocenters. The lowest BCUT2D eigenvalue weighted by Crippen LogP contribution is -2.28. The Kier molecular flexibility index (Phi) is 2.11. The third kappa shape index (κ3) is 1.69. The third-order valence-corrected chi connectivity index (χ3v) is 1.13. The Morgan fingerprint density at radius 3 is 2.64 bits per heavy atom. The highest BCUT2D eigenvalue weighted by Crippen LogP contribution is 1.82. The molecule has 0 bridgehead atoms. The van der Waals surface area contributed by atoms with Gasteiger partial charge < -0.3 is 10.0 Å². The van der Waals surface area contributed by atoms with Crippen molar-refractivity contribution in [2.75, 3.05) is 0 Å². The molecule has 2 radical (unpaired) electrons. The molecule has 54 valence electrons. The molecule has 1 aromatic heterocycles. The minimum Gasteiger partial charge on any atom is -0.423 e. The maximum absolute atomic E-state index is 10.4. The SMILES string of the molecule is [B]C(=O)n1cc(B(O)O)cn1. The van der Waals surface area contributed by atoms with Crippen molar-refractivity contribution in [1.29, 1.82) is 0 Å². The number of carbonyl (C=O) groups is 1. The van der Waals surface area contributed by atoms with E-state index in [1.54, 1.807) is 0 Å². The number of carbonyl (C=O) groups excluding carboxylic acids is 1. The molecule has 0 fully saturated rings. The second-order valence-corrected chi connectivity index (χ2v) is 1.93. The van der Waals surface area contributed by atoms with E-state index < -0.39 is 12.9 Å². The van der Waals surface area contributed by atoms with Crippen molar-refractivity contribution < 1.29 is 14.8 Å². The summed E-state index contributed by atoms with van der Waals surface area (Å²) in [5.41, 5.74) is 0.129. The molecule has 0 spiro atoms. The standard InChI is InChI=1S/C4H4B2N2O3/c5-4(9)8-2-3(1-7-8)6(10)11/h1-2,10-11H. The Labute approximate surface area is 64.2 Å². The van der Waals surface area contributed by atoms with Crippen molar-refractivity contribution >= 4 is 26.2 Å². The Balaban J connectivity index is 2.90. The molecular weight excluding hydrogens is 146 g/mol. The summed E-state index contributed by atoms with van der Waals surface area (Å²) in [5.74, 6) is -0.767. The average Bonchev–Trinajstić information content (AvgIpc) is 2.33. The molecule has 5 nitrogen and oxygen atoms in total. The molecule has 2 N–H and O–H groups in total. The van der Waals surface area contributed by atoms with Crippen LogP contribution in [0.2, 0.25) is 0 Å². The van der Waals surface area contributed by atoms with Crippen LogP contribution in [0.1, 0.15) is 0 Å². The molecule has 0 atom stereocenters. The molecule has 1 rings (SSSR count). The molecule has 0 saturated heterocycles. The highest BCUT2D eigenvalue weighted by molar-refractivity contribution is 6.59. The molecule has 0 aromatic carbocycles. The second-order valence-electron chi connectivity index (χ2n) is 1.93. The number of hydrogen-bond donors (Lipinski definition) is 2. The largest absolute Gasteiger partial charge is 0.491 e. The smallest absolute Gasteiger partial charge is 0.423 e. The summed E-state index contributed by atoms with van der Waals surface area (Å²) >= 11 is 0. The van der Waals surface area contributed by atoms with E-state index in [1.807, 2.05) is 0 Å². The quantitative estimate of drug-likeness (QED) is 0.441. The Hall–Kier alpha value is -1.07. The Bertz CT molecular complexity index is 272. The molecule has 0 amide bonds. The molecule has 1 heterocycles. The maximum atomic E-state index is 10.4. The van der Waals surface area contributed by atoms with Gasteiger partial charge in [0.15, 0.2) is 5.81 Å². The van der Waals surface area contributed by atoms with E-state index in [4.69, 9.17) is 17.9 Å². The van der Waals surface area contributed by atoms with Crippen LogP contribution in [-0.4, -0.2) is 40.6 Å². The van der Waals surface area contributed by atoms with Gasteiger partial charge in [-0.2, -0.15) is 5.10 Å². The first-order chi connectivity index (χ1) is 5.11. The van der Waals surface area contributed by atoms with Crippen molar-refractivity contribution in [1.82, 2.24) is 9.78 Å². The van der Waals surface area contributed by atoms with E-state index in [9.17, 15) is 4.79 Å². The normalized spacial score (nSPS) is 9.64. The van der Waals surface area contributed by atoms with Gasteiger partial charge in [0, 0.05) is 17.9 Å². The lowest BCUT2D eigenvalue weighted by atomic mass is 9.83. The lowest BCUT2D eigenvalue weighted by Gasteiger charge is -1.91. The van der Waals surface area contributed by atoms with Gasteiger partial charge in [0.25, 0.3) is 0 Å². The Morgan fingerprint density at radius 1 is 1.73 bits per heavy atom. The molecule has 0 aliphatic heterocycles. The topological polar surface area (TPSA) is 75.4 Å². The van der Waals surface area contributed by atoms with Gasteiger partial charge in [0.2, 0.25) is 7.85 Å². The third-order valence-electron chi connectivity index (χ3n) is 1.13. The first kappa shape index (κ1) is 8.03. The van der Waals surface area contributed by atoms with E-state index in [0.717, 1.165) is 17.1 Å². The molecule has 7 heteroatoms. The fourth-order valence-corrected chi connectivity index (χ4v) is 0.591.